The van der Waals surface area contributed by atoms with Crippen molar-refractivity contribution in [1.82, 2.24) is 0 Å². The number of rotatable bonds is 4. The average Bonchev–Trinajstić information content (AvgIpc) is 2.48. The number of amides is 1. The standard InChI is InChI=1S/C16H13F2N3O/c1-9-4-15(12(16(20)22)6-13(9)17)21-8-11-3-2-10(7-19)5-14(11)18/h2-6,21H,8H2,1H3,(H2,20,22). The second kappa shape index (κ2) is 6.22. The molecule has 0 aliphatic heterocycles. The molecule has 0 saturated heterocycles. The van der Waals surface area contributed by atoms with Crippen molar-refractivity contribution in [3.05, 3.63) is 64.2 Å². The van der Waals surface area contributed by atoms with Crippen molar-refractivity contribution >= 4 is 11.6 Å². The third-order valence-corrected chi connectivity index (χ3v) is 3.22. The first kappa shape index (κ1) is 15.4. The summed E-state index contributed by atoms with van der Waals surface area (Å²) in [7, 11) is 0. The van der Waals surface area contributed by atoms with Gasteiger partial charge >= 0.3 is 0 Å². The number of hydrogen-bond donors (Lipinski definition) is 2. The van der Waals surface area contributed by atoms with Crippen molar-refractivity contribution in [2.75, 3.05) is 5.32 Å². The molecule has 0 spiro atoms. The van der Waals surface area contributed by atoms with Crippen LogP contribution in [-0.2, 0) is 6.54 Å². The minimum atomic E-state index is -0.776. The summed E-state index contributed by atoms with van der Waals surface area (Å²) in [5.74, 6) is -1.85. The predicted octanol–water partition coefficient (Wildman–Crippen LogP) is 2.86. The molecule has 0 fully saturated rings. The van der Waals surface area contributed by atoms with Crippen LogP contribution < -0.4 is 11.1 Å². The number of nitrogens with zero attached hydrogens (tertiary/aromatic N) is 1. The van der Waals surface area contributed by atoms with E-state index in [9.17, 15) is 13.6 Å². The van der Waals surface area contributed by atoms with E-state index in [-0.39, 0.29) is 17.7 Å². The number of nitrogens with two attached hydrogens (primary N) is 1. The molecule has 22 heavy (non-hydrogen) atoms. The zero-order valence-electron chi connectivity index (χ0n) is 11.8. The van der Waals surface area contributed by atoms with Crippen LogP contribution in [0.5, 0.6) is 0 Å². The summed E-state index contributed by atoms with van der Waals surface area (Å²) in [5.41, 5.74) is 6.42. The fourth-order valence-electron chi connectivity index (χ4n) is 1.98. The van der Waals surface area contributed by atoms with Crippen LogP contribution in [0.3, 0.4) is 0 Å². The van der Waals surface area contributed by atoms with Gasteiger partial charge in [0.2, 0.25) is 0 Å². The molecule has 0 aromatic heterocycles. The molecule has 0 saturated carbocycles. The van der Waals surface area contributed by atoms with E-state index in [2.05, 4.69) is 5.32 Å². The van der Waals surface area contributed by atoms with Gasteiger partial charge in [0.25, 0.3) is 5.91 Å². The fourth-order valence-corrected chi connectivity index (χ4v) is 1.98. The molecule has 0 heterocycles. The van der Waals surface area contributed by atoms with Gasteiger partial charge in [0, 0.05) is 17.8 Å². The van der Waals surface area contributed by atoms with E-state index in [1.54, 1.807) is 6.92 Å². The van der Waals surface area contributed by atoms with Gasteiger partial charge in [-0.1, -0.05) is 6.07 Å². The average molecular weight is 301 g/mol. The summed E-state index contributed by atoms with van der Waals surface area (Å²) < 4.78 is 27.3. The molecule has 2 aromatic rings. The number of primary amides is 1. The number of anilines is 1. The van der Waals surface area contributed by atoms with Crippen LogP contribution in [0.4, 0.5) is 14.5 Å². The first-order valence-electron chi connectivity index (χ1n) is 6.44. The smallest absolute Gasteiger partial charge is 0.250 e. The van der Waals surface area contributed by atoms with E-state index in [1.165, 1.54) is 18.2 Å². The van der Waals surface area contributed by atoms with Crippen molar-refractivity contribution in [2.45, 2.75) is 13.5 Å². The van der Waals surface area contributed by atoms with E-state index >= 15 is 0 Å². The molecule has 2 aromatic carbocycles. The first-order chi connectivity index (χ1) is 10.4. The summed E-state index contributed by atoms with van der Waals surface area (Å²) in [6.07, 6.45) is 0. The maximum atomic E-state index is 13.8. The molecular weight excluding hydrogens is 288 g/mol. The Labute approximate surface area is 126 Å². The maximum absolute atomic E-state index is 13.8. The summed E-state index contributed by atoms with van der Waals surface area (Å²) in [4.78, 5) is 11.4. The second-order valence-electron chi connectivity index (χ2n) is 4.78. The van der Waals surface area contributed by atoms with Crippen LogP contribution in [0.25, 0.3) is 0 Å². The van der Waals surface area contributed by atoms with Gasteiger partial charge in [0.15, 0.2) is 0 Å². The molecule has 4 nitrogen and oxygen atoms in total. The number of benzene rings is 2. The highest BCUT2D eigenvalue weighted by Gasteiger charge is 2.12. The van der Waals surface area contributed by atoms with E-state index in [4.69, 9.17) is 11.0 Å². The highest BCUT2D eigenvalue weighted by molar-refractivity contribution is 5.98. The van der Waals surface area contributed by atoms with E-state index in [0.717, 1.165) is 12.1 Å². The third kappa shape index (κ3) is 3.20. The number of halogens is 2. The number of carbonyl (C=O) groups is 1. The normalized spacial score (nSPS) is 10.1. The molecule has 0 atom stereocenters. The van der Waals surface area contributed by atoms with Crippen molar-refractivity contribution < 1.29 is 13.6 Å². The third-order valence-electron chi connectivity index (χ3n) is 3.22. The Morgan fingerprint density at radius 2 is 2.00 bits per heavy atom. The maximum Gasteiger partial charge on any atom is 0.250 e. The number of nitriles is 1. The molecule has 3 N–H and O–H groups in total. The second-order valence-corrected chi connectivity index (χ2v) is 4.78. The minimum Gasteiger partial charge on any atom is -0.380 e. The summed E-state index contributed by atoms with van der Waals surface area (Å²) in [6, 6.07) is 8.43. The van der Waals surface area contributed by atoms with Gasteiger partial charge in [0.1, 0.15) is 11.6 Å². The SMILES string of the molecule is Cc1cc(NCc2ccc(C#N)cc2F)c(C(N)=O)cc1F. The lowest BCUT2D eigenvalue weighted by molar-refractivity contribution is 0.100. The molecule has 0 unspecified atom stereocenters. The number of nitrogens with one attached hydrogen (secondary N) is 1. The molecule has 6 heteroatoms. The van der Waals surface area contributed by atoms with Gasteiger partial charge in [0.05, 0.1) is 17.2 Å². The number of aryl methyl sites for hydroxylation is 1. The van der Waals surface area contributed by atoms with Gasteiger partial charge in [-0.25, -0.2) is 8.78 Å². The number of hydrogen-bond acceptors (Lipinski definition) is 3. The first-order valence-corrected chi connectivity index (χ1v) is 6.44. The largest absolute Gasteiger partial charge is 0.380 e. The van der Waals surface area contributed by atoms with Crippen LogP contribution in [0.15, 0.2) is 30.3 Å². The van der Waals surface area contributed by atoms with Gasteiger partial charge in [-0.05, 0) is 36.8 Å². The molecule has 0 radical (unpaired) electrons. The van der Waals surface area contributed by atoms with Gasteiger partial charge in [-0.2, -0.15) is 5.26 Å². The summed E-state index contributed by atoms with van der Waals surface area (Å²) >= 11 is 0. The highest BCUT2D eigenvalue weighted by Crippen LogP contribution is 2.21. The Balaban J connectivity index is 2.27. The number of carbonyl (C=O) groups excluding carboxylic acids is 1. The van der Waals surface area contributed by atoms with Crippen LogP contribution in [0, 0.1) is 29.9 Å². The lowest BCUT2D eigenvalue weighted by Crippen LogP contribution is -2.15. The van der Waals surface area contributed by atoms with Crippen LogP contribution in [-0.4, -0.2) is 5.91 Å². The Hall–Kier alpha value is -2.94. The molecule has 2 rings (SSSR count). The molecular formula is C16H13F2N3O. The molecule has 0 aliphatic rings. The minimum absolute atomic E-state index is 0.00264. The van der Waals surface area contributed by atoms with Gasteiger partial charge in [-0.15, -0.1) is 0 Å². The Morgan fingerprint density at radius 1 is 1.27 bits per heavy atom. The van der Waals surface area contributed by atoms with Crippen LogP contribution in [0.2, 0.25) is 0 Å². The monoisotopic (exact) mass is 301 g/mol. The van der Waals surface area contributed by atoms with E-state index in [1.807, 2.05) is 6.07 Å². The van der Waals surface area contributed by atoms with E-state index < -0.39 is 17.5 Å². The van der Waals surface area contributed by atoms with Crippen molar-refractivity contribution in [2.24, 2.45) is 5.73 Å². The molecule has 1 amide bonds. The quantitative estimate of drug-likeness (QED) is 0.911. The fraction of sp³-hybridized carbons (Fsp3) is 0.125. The molecule has 0 aliphatic carbocycles. The molecule has 0 bridgehead atoms. The summed E-state index contributed by atoms with van der Waals surface area (Å²) in [6.45, 7) is 1.62. The van der Waals surface area contributed by atoms with Crippen molar-refractivity contribution in [1.29, 1.82) is 5.26 Å². The Bertz CT molecular complexity index is 782. The summed E-state index contributed by atoms with van der Waals surface area (Å²) in [5, 5.41) is 11.6. The van der Waals surface area contributed by atoms with Crippen LogP contribution >= 0.6 is 0 Å². The zero-order chi connectivity index (χ0) is 16.3. The van der Waals surface area contributed by atoms with Gasteiger partial charge in [-0.3, -0.25) is 4.79 Å². The Kier molecular flexibility index (Phi) is 4.37. The lowest BCUT2D eigenvalue weighted by Gasteiger charge is -2.12. The van der Waals surface area contributed by atoms with E-state index in [0.29, 0.717) is 16.8 Å². The molecule has 112 valence electrons. The topological polar surface area (TPSA) is 78.9 Å². The lowest BCUT2D eigenvalue weighted by atomic mass is 10.1. The van der Waals surface area contributed by atoms with Crippen molar-refractivity contribution in [3.63, 3.8) is 0 Å². The zero-order valence-corrected chi connectivity index (χ0v) is 11.8. The van der Waals surface area contributed by atoms with Crippen LogP contribution in [0.1, 0.15) is 27.0 Å². The highest BCUT2D eigenvalue weighted by atomic mass is 19.1. The van der Waals surface area contributed by atoms with Crippen molar-refractivity contribution in [3.8, 4) is 6.07 Å². The Morgan fingerprint density at radius 3 is 2.59 bits per heavy atom. The predicted molar refractivity (Wildman–Crippen MR) is 78.1 cm³/mol. The van der Waals surface area contributed by atoms with Gasteiger partial charge < -0.3 is 11.1 Å².